The van der Waals surface area contributed by atoms with E-state index in [1.54, 1.807) is 0 Å². The van der Waals surface area contributed by atoms with Crippen molar-refractivity contribution in [2.75, 3.05) is 0 Å². The summed E-state index contributed by atoms with van der Waals surface area (Å²) in [5.41, 5.74) is 13.4. The second kappa shape index (κ2) is 4.32. The molecule has 0 bridgehead atoms. The number of hydrogen-bond donors (Lipinski definition) is 2. The van der Waals surface area contributed by atoms with E-state index in [0.29, 0.717) is 0 Å². The highest BCUT2D eigenvalue weighted by atomic mass is 14.7. The molecule has 0 aliphatic heterocycles. The average Bonchev–Trinajstić information content (AvgIpc) is 2.24. The summed E-state index contributed by atoms with van der Waals surface area (Å²) in [4.78, 5) is 0. The predicted molar refractivity (Wildman–Crippen MR) is 65.1 cm³/mol. The van der Waals surface area contributed by atoms with Gasteiger partial charge in [0, 0.05) is 5.70 Å². The first kappa shape index (κ1) is 11.5. The van der Waals surface area contributed by atoms with Crippen LogP contribution in [0.3, 0.4) is 0 Å². The molecule has 1 atom stereocenters. The zero-order valence-electron chi connectivity index (χ0n) is 7.98. The largest absolute Gasteiger partial charge is 0.399 e. The van der Waals surface area contributed by atoms with Crippen LogP contribution in [-0.4, -0.2) is 0 Å². The van der Waals surface area contributed by atoms with Crippen LogP contribution < -0.4 is 11.5 Å². The van der Waals surface area contributed by atoms with Crippen molar-refractivity contribution >= 4 is 0 Å². The summed E-state index contributed by atoms with van der Waals surface area (Å²) >= 11 is 0. The van der Waals surface area contributed by atoms with Crippen LogP contribution in [0.15, 0.2) is 54.3 Å². The van der Waals surface area contributed by atoms with Crippen LogP contribution in [0.2, 0.25) is 0 Å². The summed E-state index contributed by atoms with van der Waals surface area (Å²) in [5, 5.41) is 0. The van der Waals surface area contributed by atoms with Gasteiger partial charge in [0.15, 0.2) is 0 Å². The van der Waals surface area contributed by atoms with Crippen molar-refractivity contribution in [2.45, 2.75) is 19.4 Å². The summed E-state index contributed by atoms with van der Waals surface area (Å²) in [7, 11) is 0. The van der Waals surface area contributed by atoms with Crippen LogP contribution >= 0.6 is 0 Å². The maximum Gasteiger partial charge on any atom is 0.0634 e. The van der Waals surface area contributed by atoms with Gasteiger partial charge in [-0.25, -0.2) is 0 Å². The number of nitrogens with two attached hydrogens (primary N) is 2. The average molecular weight is 202 g/mol. The van der Waals surface area contributed by atoms with E-state index in [2.05, 4.69) is 0 Å². The smallest absolute Gasteiger partial charge is 0.0634 e. The highest BCUT2D eigenvalue weighted by Gasteiger charge is 2.24. The van der Waals surface area contributed by atoms with Gasteiger partial charge in [-0.2, -0.15) is 0 Å². The number of benzene rings is 1. The zero-order chi connectivity index (χ0) is 10.0. The van der Waals surface area contributed by atoms with Crippen molar-refractivity contribution in [1.82, 2.24) is 0 Å². The van der Waals surface area contributed by atoms with E-state index in [4.69, 9.17) is 11.5 Å². The standard InChI is InChI=1S/C12H14N2.CH4/c13-11-6-8-12(14,9-7-11)10-4-2-1-3-5-10;/h1-8H,9,13-14H2;1H4. The summed E-state index contributed by atoms with van der Waals surface area (Å²) in [6, 6.07) is 10.1. The van der Waals surface area contributed by atoms with Gasteiger partial charge in [-0.1, -0.05) is 49.9 Å². The minimum Gasteiger partial charge on any atom is -0.399 e. The molecule has 0 radical (unpaired) electrons. The van der Waals surface area contributed by atoms with E-state index in [9.17, 15) is 0 Å². The van der Waals surface area contributed by atoms with E-state index < -0.39 is 0 Å². The monoisotopic (exact) mass is 202 g/mol. The normalized spacial score (nSPS) is 24.2. The van der Waals surface area contributed by atoms with E-state index in [0.717, 1.165) is 17.7 Å². The Bertz CT molecular complexity index is 379. The highest BCUT2D eigenvalue weighted by molar-refractivity contribution is 5.36. The first-order valence-corrected chi connectivity index (χ1v) is 4.70. The van der Waals surface area contributed by atoms with Crippen molar-refractivity contribution in [2.24, 2.45) is 11.5 Å². The van der Waals surface area contributed by atoms with Crippen LogP contribution in [0.5, 0.6) is 0 Å². The molecule has 15 heavy (non-hydrogen) atoms. The Kier molecular flexibility index (Phi) is 3.32. The second-order valence-electron chi connectivity index (χ2n) is 3.65. The number of hydrogen-bond acceptors (Lipinski definition) is 2. The fourth-order valence-corrected chi connectivity index (χ4v) is 1.63. The predicted octanol–water partition coefficient (Wildman–Crippen LogP) is 2.28. The van der Waals surface area contributed by atoms with Gasteiger partial charge in [-0.15, -0.1) is 0 Å². The SMILES string of the molecule is C.NC1=CCC(N)(c2ccccc2)C=C1. The molecule has 1 aromatic carbocycles. The molecular formula is C13H18N2. The molecule has 1 unspecified atom stereocenters. The molecule has 2 rings (SSSR count). The minimum atomic E-state index is -0.385. The Balaban J connectivity index is 0.00000112. The summed E-state index contributed by atoms with van der Waals surface area (Å²) in [6.45, 7) is 0. The first-order valence-electron chi connectivity index (χ1n) is 4.70. The Hall–Kier alpha value is -1.54. The number of allylic oxidation sites excluding steroid dienone is 1. The maximum absolute atomic E-state index is 6.26. The van der Waals surface area contributed by atoms with E-state index in [-0.39, 0.29) is 13.0 Å². The molecule has 0 saturated heterocycles. The third-order valence-corrected chi connectivity index (χ3v) is 2.56. The number of rotatable bonds is 1. The Morgan fingerprint density at radius 2 is 1.80 bits per heavy atom. The lowest BCUT2D eigenvalue weighted by atomic mass is 9.84. The van der Waals surface area contributed by atoms with Crippen LogP contribution in [0, 0.1) is 0 Å². The topological polar surface area (TPSA) is 52.0 Å². The summed E-state index contributed by atoms with van der Waals surface area (Å²) in [6.07, 6.45) is 6.57. The molecule has 2 heteroatoms. The van der Waals surface area contributed by atoms with Gasteiger partial charge in [0.25, 0.3) is 0 Å². The van der Waals surface area contributed by atoms with Gasteiger partial charge in [-0.3, -0.25) is 0 Å². The first-order chi connectivity index (χ1) is 6.71. The molecule has 0 spiro atoms. The lowest BCUT2D eigenvalue weighted by molar-refractivity contribution is 0.562. The molecule has 0 aromatic heterocycles. The van der Waals surface area contributed by atoms with Crippen molar-refractivity contribution in [3.05, 3.63) is 59.8 Å². The second-order valence-corrected chi connectivity index (χ2v) is 3.65. The molecule has 0 saturated carbocycles. The molecule has 0 heterocycles. The lowest BCUT2D eigenvalue weighted by Gasteiger charge is -2.27. The molecule has 1 aromatic rings. The van der Waals surface area contributed by atoms with Crippen LogP contribution in [-0.2, 0) is 5.54 Å². The van der Waals surface area contributed by atoms with Gasteiger partial charge in [0.2, 0.25) is 0 Å². The van der Waals surface area contributed by atoms with Crippen molar-refractivity contribution < 1.29 is 0 Å². The van der Waals surface area contributed by atoms with Crippen LogP contribution in [0.1, 0.15) is 19.4 Å². The van der Waals surface area contributed by atoms with Gasteiger partial charge in [0.05, 0.1) is 5.54 Å². The summed E-state index contributed by atoms with van der Waals surface area (Å²) < 4.78 is 0. The third kappa shape index (κ3) is 2.28. The van der Waals surface area contributed by atoms with E-state index in [1.165, 1.54) is 0 Å². The zero-order valence-corrected chi connectivity index (χ0v) is 7.98. The highest BCUT2D eigenvalue weighted by Crippen LogP contribution is 2.27. The van der Waals surface area contributed by atoms with Crippen molar-refractivity contribution in [1.29, 1.82) is 0 Å². The van der Waals surface area contributed by atoms with Crippen LogP contribution in [0.25, 0.3) is 0 Å². The van der Waals surface area contributed by atoms with Gasteiger partial charge >= 0.3 is 0 Å². The fraction of sp³-hybridized carbons (Fsp3) is 0.231. The molecule has 0 amide bonds. The Morgan fingerprint density at radius 1 is 1.13 bits per heavy atom. The Labute approximate surface area is 91.3 Å². The maximum atomic E-state index is 6.26. The van der Waals surface area contributed by atoms with E-state index >= 15 is 0 Å². The molecule has 0 fully saturated rings. The molecule has 1 aliphatic carbocycles. The molecule has 2 nitrogen and oxygen atoms in total. The van der Waals surface area contributed by atoms with Gasteiger partial charge in [0.1, 0.15) is 0 Å². The lowest BCUT2D eigenvalue weighted by Crippen LogP contribution is -2.35. The van der Waals surface area contributed by atoms with Crippen molar-refractivity contribution in [3.8, 4) is 0 Å². The summed E-state index contributed by atoms with van der Waals surface area (Å²) in [5.74, 6) is 0. The van der Waals surface area contributed by atoms with Gasteiger partial charge < -0.3 is 11.5 Å². The Morgan fingerprint density at radius 3 is 2.33 bits per heavy atom. The molecular weight excluding hydrogens is 184 g/mol. The molecule has 4 N–H and O–H groups in total. The third-order valence-electron chi connectivity index (χ3n) is 2.56. The van der Waals surface area contributed by atoms with Crippen LogP contribution in [0.4, 0.5) is 0 Å². The fourth-order valence-electron chi connectivity index (χ4n) is 1.63. The molecule has 1 aliphatic rings. The van der Waals surface area contributed by atoms with E-state index in [1.807, 2.05) is 48.6 Å². The minimum absolute atomic E-state index is 0. The quantitative estimate of drug-likeness (QED) is 0.734. The molecule has 80 valence electrons. The van der Waals surface area contributed by atoms with Crippen molar-refractivity contribution in [3.63, 3.8) is 0 Å². The van der Waals surface area contributed by atoms with Gasteiger partial charge in [-0.05, 0) is 18.1 Å².